The molecule has 7 nitrogen and oxygen atoms in total. The van der Waals surface area contributed by atoms with Gasteiger partial charge in [0.1, 0.15) is 6.61 Å². The smallest absolute Gasteiger partial charge is 0.407 e. The number of carbonyl (C=O) groups is 3. The van der Waals surface area contributed by atoms with Crippen LogP contribution in [-0.2, 0) is 14.3 Å². The van der Waals surface area contributed by atoms with Crippen LogP contribution in [0.4, 0.5) is 4.79 Å². The second-order valence-electron chi connectivity index (χ2n) is 9.86. The number of nitrogens with one attached hydrogen (secondary N) is 2. The standard InChI is InChI=1S/C28H34N2O5/c1-19(17-26(32)33)29-25(31)13-16-28(14-7-2-8-15-28)30-27(34)35-18-24-22-11-5-3-9-20(22)21-10-4-6-12-23(21)24/h3-6,9-12,19,24H,2,7-8,13-18H2,1H3,(H,29,31)(H,30,34)(H,32,33). The van der Waals surface area contributed by atoms with Crippen LogP contribution in [0.5, 0.6) is 0 Å². The topological polar surface area (TPSA) is 105 Å². The minimum atomic E-state index is -0.946. The third kappa shape index (κ3) is 6.02. The van der Waals surface area contributed by atoms with Gasteiger partial charge in [-0.25, -0.2) is 4.79 Å². The van der Waals surface area contributed by atoms with Crippen molar-refractivity contribution < 1.29 is 24.2 Å². The number of carbonyl (C=O) groups excluding carboxylic acids is 2. The van der Waals surface area contributed by atoms with Crippen molar-refractivity contribution in [1.29, 1.82) is 0 Å². The molecule has 1 saturated carbocycles. The molecule has 0 spiro atoms. The van der Waals surface area contributed by atoms with E-state index in [0.29, 0.717) is 6.42 Å². The zero-order valence-corrected chi connectivity index (χ0v) is 20.2. The van der Waals surface area contributed by atoms with Gasteiger partial charge in [-0.15, -0.1) is 0 Å². The predicted molar refractivity (Wildman–Crippen MR) is 133 cm³/mol. The molecule has 1 fully saturated rings. The molecule has 186 valence electrons. The normalized spacial score (nSPS) is 17.1. The molecular formula is C28H34N2O5. The van der Waals surface area contributed by atoms with E-state index in [1.54, 1.807) is 6.92 Å². The van der Waals surface area contributed by atoms with Crippen molar-refractivity contribution in [3.63, 3.8) is 0 Å². The maximum Gasteiger partial charge on any atom is 0.407 e. The van der Waals surface area contributed by atoms with Gasteiger partial charge in [0.15, 0.2) is 0 Å². The quantitative estimate of drug-likeness (QED) is 0.471. The van der Waals surface area contributed by atoms with Crippen LogP contribution in [-0.4, -0.2) is 41.3 Å². The van der Waals surface area contributed by atoms with E-state index < -0.39 is 23.6 Å². The van der Waals surface area contributed by atoms with Gasteiger partial charge in [-0.3, -0.25) is 9.59 Å². The molecule has 2 aromatic rings. The molecule has 0 aliphatic heterocycles. The lowest BCUT2D eigenvalue weighted by Crippen LogP contribution is -2.50. The van der Waals surface area contributed by atoms with Crippen molar-refractivity contribution in [3.05, 3.63) is 59.7 Å². The number of alkyl carbamates (subject to hydrolysis) is 1. The number of hydrogen-bond acceptors (Lipinski definition) is 4. The van der Waals surface area contributed by atoms with Gasteiger partial charge in [0.05, 0.1) is 6.42 Å². The Kier molecular flexibility index (Phi) is 7.73. The van der Waals surface area contributed by atoms with Gasteiger partial charge in [-0.05, 0) is 48.4 Å². The average Bonchev–Trinajstić information content (AvgIpc) is 3.15. The van der Waals surface area contributed by atoms with Crippen molar-refractivity contribution in [1.82, 2.24) is 10.6 Å². The Hall–Kier alpha value is -3.35. The highest BCUT2D eigenvalue weighted by Gasteiger charge is 2.35. The van der Waals surface area contributed by atoms with E-state index in [4.69, 9.17) is 9.84 Å². The molecule has 2 amide bonds. The van der Waals surface area contributed by atoms with E-state index in [-0.39, 0.29) is 31.3 Å². The summed E-state index contributed by atoms with van der Waals surface area (Å²) in [7, 11) is 0. The van der Waals surface area contributed by atoms with E-state index in [0.717, 1.165) is 32.1 Å². The second kappa shape index (κ2) is 10.9. The molecule has 3 N–H and O–H groups in total. The van der Waals surface area contributed by atoms with Crippen molar-refractivity contribution in [2.45, 2.75) is 75.8 Å². The fourth-order valence-electron chi connectivity index (χ4n) is 5.53. The number of benzene rings is 2. The molecular weight excluding hydrogens is 444 g/mol. The summed E-state index contributed by atoms with van der Waals surface area (Å²) in [4.78, 5) is 36.2. The highest BCUT2D eigenvalue weighted by atomic mass is 16.5. The Bertz CT molecular complexity index is 1030. The summed E-state index contributed by atoms with van der Waals surface area (Å²) in [6, 6.07) is 16.0. The maximum atomic E-state index is 12.9. The minimum Gasteiger partial charge on any atom is -0.481 e. The first-order chi connectivity index (χ1) is 16.9. The van der Waals surface area contributed by atoms with Crippen molar-refractivity contribution in [2.24, 2.45) is 0 Å². The van der Waals surface area contributed by atoms with Crippen molar-refractivity contribution in [2.75, 3.05) is 6.61 Å². The highest BCUT2D eigenvalue weighted by Crippen LogP contribution is 2.44. The fourth-order valence-corrected chi connectivity index (χ4v) is 5.53. The largest absolute Gasteiger partial charge is 0.481 e. The van der Waals surface area contributed by atoms with Crippen LogP contribution in [0.1, 0.15) is 75.3 Å². The van der Waals surface area contributed by atoms with Gasteiger partial charge in [0, 0.05) is 23.9 Å². The Labute approximate surface area is 206 Å². The second-order valence-corrected chi connectivity index (χ2v) is 9.86. The Morgan fingerprint density at radius 2 is 1.60 bits per heavy atom. The van der Waals surface area contributed by atoms with E-state index >= 15 is 0 Å². The number of hydrogen-bond donors (Lipinski definition) is 3. The number of amides is 2. The summed E-state index contributed by atoms with van der Waals surface area (Å²) in [6.45, 7) is 1.93. The molecule has 0 aromatic heterocycles. The SMILES string of the molecule is CC(CC(=O)O)NC(=O)CCC1(NC(=O)OCC2c3ccccc3-c3ccccc32)CCCCC1. The van der Waals surface area contributed by atoms with Crippen LogP contribution in [0.15, 0.2) is 48.5 Å². The minimum absolute atomic E-state index is 0.00282. The summed E-state index contributed by atoms with van der Waals surface area (Å²) in [5, 5.41) is 14.7. The number of rotatable bonds is 9. The number of carboxylic acid groups (broad SMARTS) is 1. The molecule has 0 heterocycles. The van der Waals surface area contributed by atoms with Gasteiger partial charge in [-0.2, -0.15) is 0 Å². The van der Waals surface area contributed by atoms with Crippen molar-refractivity contribution >= 4 is 18.0 Å². The summed E-state index contributed by atoms with van der Waals surface area (Å²) in [6.07, 6.45) is 4.85. The first-order valence-electron chi connectivity index (χ1n) is 12.5. The number of carboxylic acids is 1. The van der Waals surface area contributed by atoms with Gasteiger partial charge in [-0.1, -0.05) is 67.8 Å². The van der Waals surface area contributed by atoms with E-state index in [2.05, 4.69) is 34.9 Å². The van der Waals surface area contributed by atoms with E-state index in [1.165, 1.54) is 22.3 Å². The predicted octanol–water partition coefficient (Wildman–Crippen LogP) is 4.99. The first kappa shape index (κ1) is 24.8. The van der Waals surface area contributed by atoms with Crippen LogP contribution in [0, 0.1) is 0 Å². The molecule has 2 aliphatic rings. The zero-order valence-electron chi connectivity index (χ0n) is 20.2. The lowest BCUT2D eigenvalue weighted by atomic mass is 9.78. The number of fused-ring (bicyclic) bond motifs is 3. The molecule has 2 aliphatic carbocycles. The van der Waals surface area contributed by atoms with Crippen LogP contribution in [0.3, 0.4) is 0 Å². The summed E-state index contributed by atoms with van der Waals surface area (Å²) < 4.78 is 5.77. The third-order valence-corrected chi connectivity index (χ3v) is 7.24. The first-order valence-corrected chi connectivity index (χ1v) is 12.5. The molecule has 7 heteroatoms. The zero-order chi connectivity index (χ0) is 24.8. The monoisotopic (exact) mass is 478 g/mol. The lowest BCUT2D eigenvalue weighted by Gasteiger charge is -2.38. The molecule has 0 radical (unpaired) electrons. The molecule has 35 heavy (non-hydrogen) atoms. The molecule has 1 atom stereocenters. The van der Waals surface area contributed by atoms with Crippen LogP contribution in [0.2, 0.25) is 0 Å². The summed E-state index contributed by atoms with van der Waals surface area (Å²) in [5.74, 6) is -1.14. The highest BCUT2D eigenvalue weighted by molar-refractivity contribution is 5.79. The third-order valence-electron chi connectivity index (χ3n) is 7.24. The van der Waals surface area contributed by atoms with Crippen molar-refractivity contribution in [3.8, 4) is 11.1 Å². The molecule has 1 unspecified atom stereocenters. The summed E-state index contributed by atoms with van der Waals surface area (Å²) in [5.41, 5.74) is 4.23. The van der Waals surface area contributed by atoms with Crippen LogP contribution in [0.25, 0.3) is 11.1 Å². The Balaban J connectivity index is 1.36. The van der Waals surface area contributed by atoms with Gasteiger partial charge < -0.3 is 20.5 Å². The molecule has 4 rings (SSSR count). The average molecular weight is 479 g/mol. The Morgan fingerprint density at radius 3 is 2.20 bits per heavy atom. The molecule has 0 bridgehead atoms. The fraction of sp³-hybridized carbons (Fsp3) is 0.464. The summed E-state index contributed by atoms with van der Waals surface area (Å²) >= 11 is 0. The lowest BCUT2D eigenvalue weighted by molar-refractivity contribution is -0.137. The van der Waals surface area contributed by atoms with E-state index in [1.807, 2.05) is 24.3 Å². The van der Waals surface area contributed by atoms with Crippen LogP contribution >= 0.6 is 0 Å². The Morgan fingerprint density at radius 1 is 1.00 bits per heavy atom. The number of ether oxygens (including phenoxy) is 1. The number of aliphatic carboxylic acids is 1. The van der Waals surface area contributed by atoms with E-state index in [9.17, 15) is 14.4 Å². The van der Waals surface area contributed by atoms with Crippen LogP contribution < -0.4 is 10.6 Å². The van der Waals surface area contributed by atoms with Gasteiger partial charge in [0.25, 0.3) is 0 Å². The van der Waals surface area contributed by atoms with Gasteiger partial charge >= 0.3 is 12.1 Å². The van der Waals surface area contributed by atoms with Gasteiger partial charge in [0.2, 0.25) is 5.91 Å². The maximum absolute atomic E-state index is 12.9. The molecule has 2 aromatic carbocycles. The molecule has 0 saturated heterocycles.